The summed E-state index contributed by atoms with van der Waals surface area (Å²) in [5.74, 6) is 0. The molecule has 28 heavy (non-hydrogen) atoms. The minimum Gasteiger partial charge on any atom is -0.386 e. The van der Waals surface area contributed by atoms with Crippen molar-refractivity contribution < 1.29 is 16.8 Å². The van der Waals surface area contributed by atoms with E-state index in [0.29, 0.717) is 18.8 Å². The minimum absolute atomic E-state index is 0.0352. The Labute approximate surface area is 167 Å². The molecule has 0 aromatic heterocycles. The quantitative estimate of drug-likeness (QED) is 0.677. The molecule has 2 aromatic rings. The van der Waals surface area contributed by atoms with E-state index in [-0.39, 0.29) is 15.5 Å². The number of hydrogen-bond acceptors (Lipinski definition) is 5. The Kier molecular flexibility index (Phi) is 6.74. The number of hydrogen-bond donors (Lipinski definition) is 2. The minimum atomic E-state index is -3.88. The molecule has 0 spiro atoms. The Hall–Kier alpha value is -2.10. The van der Waals surface area contributed by atoms with Gasteiger partial charge in [0.2, 0.25) is 10.0 Å². The van der Waals surface area contributed by atoms with E-state index in [4.69, 9.17) is 0 Å². The van der Waals surface area contributed by atoms with Crippen LogP contribution in [0.1, 0.15) is 25.0 Å². The molecule has 2 N–H and O–H groups in total. The van der Waals surface area contributed by atoms with Crippen LogP contribution in [0.5, 0.6) is 0 Å². The van der Waals surface area contributed by atoms with E-state index in [1.807, 2.05) is 13.8 Å². The highest BCUT2D eigenvalue weighted by Gasteiger charge is 2.24. The van der Waals surface area contributed by atoms with Crippen molar-refractivity contribution in [1.82, 2.24) is 4.31 Å². The summed E-state index contributed by atoms with van der Waals surface area (Å²) in [4.78, 5) is 0.155. The molecule has 0 aliphatic heterocycles. The standard InChI is InChI=1S/C19H27N3O4S2/c1-6-22(7-2)28(25,26)17-10-11-18(20-5)19(13-17)21-27(23,24)16-9-8-14(3)15(4)12-16/h8-13,20-21H,6-7H2,1-5H3. The lowest BCUT2D eigenvalue weighted by atomic mass is 10.1. The average Bonchev–Trinajstić information content (AvgIpc) is 2.64. The van der Waals surface area contributed by atoms with E-state index < -0.39 is 20.0 Å². The highest BCUT2D eigenvalue weighted by Crippen LogP contribution is 2.29. The zero-order valence-corrected chi connectivity index (χ0v) is 18.4. The molecule has 2 aromatic carbocycles. The van der Waals surface area contributed by atoms with Crippen molar-refractivity contribution in [2.24, 2.45) is 0 Å². The third-order valence-electron chi connectivity index (χ3n) is 4.64. The molecule has 9 heteroatoms. The zero-order chi connectivity index (χ0) is 21.1. The Bertz CT molecular complexity index is 1060. The zero-order valence-electron chi connectivity index (χ0n) is 16.8. The van der Waals surface area contributed by atoms with Crippen molar-refractivity contribution in [3.05, 3.63) is 47.5 Å². The first-order valence-corrected chi connectivity index (χ1v) is 11.9. The van der Waals surface area contributed by atoms with Gasteiger partial charge in [-0.3, -0.25) is 4.72 Å². The highest BCUT2D eigenvalue weighted by molar-refractivity contribution is 7.92. The first-order valence-electron chi connectivity index (χ1n) is 8.98. The topological polar surface area (TPSA) is 95.6 Å². The molecule has 0 saturated carbocycles. The van der Waals surface area contributed by atoms with Gasteiger partial charge in [-0.25, -0.2) is 16.8 Å². The number of aryl methyl sites for hydroxylation is 2. The molecular formula is C19H27N3O4S2. The molecular weight excluding hydrogens is 398 g/mol. The van der Waals surface area contributed by atoms with Crippen molar-refractivity contribution in [3.8, 4) is 0 Å². The van der Waals surface area contributed by atoms with Crippen LogP contribution in [0, 0.1) is 13.8 Å². The van der Waals surface area contributed by atoms with Crippen LogP contribution in [0.2, 0.25) is 0 Å². The number of nitrogens with one attached hydrogen (secondary N) is 2. The van der Waals surface area contributed by atoms with Gasteiger partial charge in [-0.2, -0.15) is 4.31 Å². The van der Waals surface area contributed by atoms with Gasteiger partial charge in [0.05, 0.1) is 21.2 Å². The van der Waals surface area contributed by atoms with Gasteiger partial charge < -0.3 is 5.32 Å². The molecule has 0 radical (unpaired) electrons. The van der Waals surface area contributed by atoms with Crippen molar-refractivity contribution in [2.75, 3.05) is 30.2 Å². The fourth-order valence-electron chi connectivity index (χ4n) is 2.78. The molecule has 0 fully saturated rings. The first-order chi connectivity index (χ1) is 13.1. The molecule has 0 heterocycles. The number of benzene rings is 2. The molecule has 0 aliphatic carbocycles. The summed E-state index contributed by atoms with van der Waals surface area (Å²) in [6.07, 6.45) is 0. The lowest BCUT2D eigenvalue weighted by Crippen LogP contribution is -2.30. The molecule has 0 amide bonds. The fraction of sp³-hybridized carbons (Fsp3) is 0.368. The predicted octanol–water partition coefficient (Wildman–Crippen LogP) is 3.18. The van der Waals surface area contributed by atoms with Crippen LogP contribution < -0.4 is 10.0 Å². The van der Waals surface area contributed by atoms with Crippen molar-refractivity contribution in [2.45, 2.75) is 37.5 Å². The van der Waals surface area contributed by atoms with Crippen molar-refractivity contribution in [1.29, 1.82) is 0 Å². The van der Waals surface area contributed by atoms with E-state index in [2.05, 4.69) is 10.0 Å². The monoisotopic (exact) mass is 425 g/mol. The predicted molar refractivity (Wildman–Crippen MR) is 113 cm³/mol. The molecule has 0 unspecified atom stereocenters. The molecule has 154 valence electrons. The van der Waals surface area contributed by atoms with E-state index in [0.717, 1.165) is 11.1 Å². The van der Waals surface area contributed by atoms with Crippen LogP contribution in [-0.2, 0) is 20.0 Å². The molecule has 2 rings (SSSR count). The number of anilines is 2. The van der Waals surface area contributed by atoms with E-state index in [1.165, 1.54) is 22.5 Å². The summed E-state index contributed by atoms with van der Waals surface area (Å²) in [7, 11) is -5.95. The second-order valence-corrected chi connectivity index (χ2v) is 10.0. The largest absolute Gasteiger partial charge is 0.386 e. The smallest absolute Gasteiger partial charge is 0.261 e. The second kappa shape index (κ2) is 8.50. The molecule has 0 aliphatic rings. The number of nitrogens with zero attached hydrogens (tertiary/aromatic N) is 1. The van der Waals surface area contributed by atoms with Crippen LogP contribution in [0.15, 0.2) is 46.2 Å². The van der Waals surface area contributed by atoms with Crippen LogP contribution in [0.3, 0.4) is 0 Å². The van der Waals surface area contributed by atoms with E-state index in [1.54, 1.807) is 39.1 Å². The van der Waals surface area contributed by atoms with Crippen molar-refractivity contribution in [3.63, 3.8) is 0 Å². The summed E-state index contributed by atoms with van der Waals surface area (Å²) >= 11 is 0. The third kappa shape index (κ3) is 4.48. The van der Waals surface area contributed by atoms with Gasteiger partial charge in [0.25, 0.3) is 10.0 Å². The first kappa shape index (κ1) is 22.2. The summed E-state index contributed by atoms with van der Waals surface area (Å²) in [6, 6.07) is 9.22. The Morgan fingerprint density at radius 1 is 0.821 bits per heavy atom. The molecule has 7 nitrogen and oxygen atoms in total. The van der Waals surface area contributed by atoms with Gasteiger partial charge in [-0.15, -0.1) is 0 Å². The third-order valence-corrected chi connectivity index (χ3v) is 8.05. The van der Waals surface area contributed by atoms with Crippen LogP contribution in [0.4, 0.5) is 11.4 Å². The van der Waals surface area contributed by atoms with Crippen LogP contribution >= 0.6 is 0 Å². The lowest BCUT2D eigenvalue weighted by molar-refractivity contribution is 0.445. The summed E-state index contributed by atoms with van der Waals surface area (Å²) in [5, 5.41) is 2.89. The Morgan fingerprint density at radius 2 is 1.43 bits per heavy atom. The van der Waals surface area contributed by atoms with Gasteiger partial charge in [0, 0.05) is 20.1 Å². The van der Waals surface area contributed by atoms with Gasteiger partial charge in [0.15, 0.2) is 0 Å². The van der Waals surface area contributed by atoms with Gasteiger partial charge in [0.1, 0.15) is 0 Å². The number of rotatable bonds is 8. The maximum Gasteiger partial charge on any atom is 0.261 e. The Morgan fingerprint density at radius 3 is 1.96 bits per heavy atom. The van der Waals surface area contributed by atoms with E-state index >= 15 is 0 Å². The normalized spacial score (nSPS) is 12.2. The summed E-state index contributed by atoms with van der Waals surface area (Å²) < 4.78 is 55.1. The maximum absolute atomic E-state index is 12.8. The molecule has 0 bridgehead atoms. The van der Waals surface area contributed by atoms with Crippen molar-refractivity contribution >= 4 is 31.4 Å². The highest BCUT2D eigenvalue weighted by atomic mass is 32.2. The Balaban J connectivity index is 2.51. The number of sulfonamides is 2. The maximum atomic E-state index is 12.8. The molecule has 0 saturated heterocycles. The lowest BCUT2D eigenvalue weighted by Gasteiger charge is -2.20. The van der Waals surface area contributed by atoms with Gasteiger partial charge in [-0.05, 0) is 55.3 Å². The molecule has 0 atom stereocenters. The summed E-state index contributed by atoms with van der Waals surface area (Å²) in [5.41, 5.74) is 2.50. The fourth-order valence-corrected chi connectivity index (χ4v) is 5.42. The van der Waals surface area contributed by atoms with Gasteiger partial charge in [-0.1, -0.05) is 19.9 Å². The van der Waals surface area contributed by atoms with Crippen LogP contribution in [-0.4, -0.2) is 41.3 Å². The average molecular weight is 426 g/mol. The summed E-state index contributed by atoms with van der Waals surface area (Å²) in [6.45, 7) is 7.91. The SMILES string of the molecule is CCN(CC)S(=O)(=O)c1ccc(NC)c(NS(=O)(=O)c2ccc(C)c(C)c2)c1. The van der Waals surface area contributed by atoms with E-state index in [9.17, 15) is 16.8 Å². The van der Waals surface area contributed by atoms with Crippen LogP contribution in [0.25, 0.3) is 0 Å². The van der Waals surface area contributed by atoms with Gasteiger partial charge >= 0.3 is 0 Å². The second-order valence-electron chi connectivity index (χ2n) is 6.40.